The van der Waals surface area contributed by atoms with Gasteiger partial charge in [-0.1, -0.05) is 35.9 Å². The number of methoxy groups -OCH3 is 1. The van der Waals surface area contributed by atoms with E-state index in [2.05, 4.69) is 33.2 Å². The molecule has 2 bridgehead atoms. The van der Waals surface area contributed by atoms with Crippen molar-refractivity contribution in [2.24, 2.45) is 28.8 Å². The van der Waals surface area contributed by atoms with Crippen molar-refractivity contribution in [1.82, 2.24) is 5.01 Å². The van der Waals surface area contributed by atoms with Crippen molar-refractivity contribution in [3.63, 3.8) is 0 Å². The van der Waals surface area contributed by atoms with E-state index in [1.54, 1.807) is 13.2 Å². The molecule has 2 aromatic rings. The highest BCUT2D eigenvalue weighted by Gasteiger charge is 2.56. The lowest BCUT2D eigenvalue weighted by molar-refractivity contribution is -0.140. The van der Waals surface area contributed by atoms with Gasteiger partial charge in [-0.15, -0.1) is 0 Å². The fraction of sp³-hybridized carbons (Fsp3) is 0.320. The summed E-state index contributed by atoms with van der Waals surface area (Å²) in [6.45, 7) is 0.343. The average Bonchev–Trinajstić information content (AvgIpc) is 3.10. The molecule has 2 amide bonds. The van der Waals surface area contributed by atoms with E-state index in [0.717, 1.165) is 23.4 Å². The van der Waals surface area contributed by atoms with Gasteiger partial charge in [-0.25, -0.2) is 0 Å². The van der Waals surface area contributed by atoms with Crippen LogP contribution in [-0.2, 0) is 16.2 Å². The zero-order chi connectivity index (χ0) is 23.1. The highest BCUT2D eigenvalue weighted by atomic mass is 79.9. The number of amides is 2. The molecule has 1 heterocycles. The second-order valence-corrected chi connectivity index (χ2v) is 9.81. The fourth-order valence-corrected chi connectivity index (χ4v) is 5.69. The Hall–Kier alpha value is -2.64. The van der Waals surface area contributed by atoms with Crippen LogP contribution in [0.2, 0.25) is 5.02 Å². The van der Waals surface area contributed by atoms with E-state index in [0.29, 0.717) is 33.2 Å². The number of hydrazone groups is 1. The van der Waals surface area contributed by atoms with Crippen LogP contribution in [0, 0.1) is 23.7 Å². The van der Waals surface area contributed by atoms with Gasteiger partial charge in [-0.05, 0) is 76.0 Å². The zero-order valence-electron chi connectivity index (χ0n) is 17.9. The molecule has 0 spiro atoms. The van der Waals surface area contributed by atoms with E-state index in [1.165, 1.54) is 6.21 Å². The topological polar surface area (TPSA) is 68.2 Å². The van der Waals surface area contributed by atoms with Crippen molar-refractivity contribution in [3.8, 4) is 11.5 Å². The maximum Gasteiger partial charge on any atom is 0.254 e. The Morgan fingerprint density at radius 2 is 1.73 bits per heavy atom. The molecular weight excluding hydrogens is 508 g/mol. The predicted molar refractivity (Wildman–Crippen MR) is 128 cm³/mol. The molecular formula is C25H22BrClN2O4. The number of imide groups is 1. The van der Waals surface area contributed by atoms with Gasteiger partial charge < -0.3 is 9.47 Å². The van der Waals surface area contributed by atoms with Gasteiger partial charge in [0.2, 0.25) is 0 Å². The molecule has 8 heteroatoms. The molecule has 33 heavy (non-hydrogen) atoms. The molecule has 6 nitrogen and oxygen atoms in total. The Kier molecular flexibility index (Phi) is 6.01. The summed E-state index contributed by atoms with van der Waals surface area (Å²) in [5.74, 6) is 0.391. The summed E-state index contributed by atoms with van der Waals surface area (Å²) in [5.41, 5.74) is 1.64. The number of nitrogens with zero attached hydrogens (tertiary/aromatic N) is 2. The molecule has 1 aliphatic heterocycles. The Balaban J connectivity index is 1.34. The Labute approximate surface area is 205 Å². The molecule has 3 aliphatic carbocycles. The molecule has 1 saturated carbocycles. The first-order chi connectivity index (χ1) is 16.0. The zero-order valence-corrected chi connectivity index (χ0v) is 20.3. The first kappa shape index (κ1) is 22.2. The first-order valence-electron chi connectivity index (χ1n) is 10.8. The van der Waals surface area contributed by atoms with E-state index in [1.807, 2.05) is 30.3 Å². The maximum absolute atomic E-state index is 12.9. The molecule has 170 valence electrons. The molecule has 2 fully saturated rings. The monoisotopic (exact) mass is 528 g/mol. The van der Waals surface area contributed by atoms with Gasteiger partial charge in [-0.2, -0.15) is 10.1 Å². The van der Waals surface area contributed by atoms with Gasteiger partial charge in [0.15, 0.2) is 11.5 Å². The van der Waals surface area contributed by atoms with Crippen molar-refractivity contribution < 1.29 is 19.1 Å². The summed E-state index contributed by atoms with van der Waals surface area (Å²) >= 11 is 9.47. The third-order valence-electron chi connectivity index (χ3n) is 6.61. The van der Waals surface area contributed by atoms with Crippen molar-refractivity contribution in [2.45, 2.75) is 19.4 Å². The van der Waals surface area contributed by atoms with Crippen molar-refractivity contribution in [3.05, 3.63) is 69.2 Å². The van der Waals surface area contributed by atoms with Crippen molar-refractivity contribution >= 4 is 45.6 Å². The summed E-state index contributed by atoms with van der Waals surface area (Å²) in [5, 5.41) is 6.00. The molecule has 0 unspecified atom stereocenters. The molecule has 6 rings (SSSR count). The smallest absolute Gasteiger partial charge is 0.254 e. The van der Waals surface area contributed by atoms with Crippen LogP contribution in [0.15, 0.2) is 58.1 Å². The molecule has 0 N–H and O–H groups in total. The second kappa shape index (κ2) is 8.95. The highest BCUT2D eigenvalue weighted by molar-refractivity contribution is 9.10. The molecule has 4 atom stereocenters. The third-order valence-corrected chi connectivity index (χ3v) is 7.45. The normalized spacial score (nSPS) is 25.7. The van der Waals surface area contributed by atoms with Gasteiger partial charge in [0.1, 0.15) is 6.61 Å². The van der Waals surface area contributed by atoms with Crippen LogP contribution < -0.4 is 9.47 Å². The summed E-state index contributed by atoms with van der Waals surface area (Å²) in [7, 11) is 1.55. The summed E-state index contributed by atoms with van der Waals surface area (Å²) in [4.78, 5) is 25.9. The fourth-order valence-electron chi connectivity index (χ4n) is 4.99. The number of fused-ring (bicyclic) bond motifs is 1. The number of allylic oxidation sites excluding steroid dienone is 2. The SMILES string of the molecule is COc1cc(/C=N\N2C(=O)[C@@H]3[C@H](C2=O)[C@H]2C=C[C@H]3CC2)cc(Br)c1OCc1ccc(Cl)cc1. The van der Waals surface area contributed by atoms with Crippen LogP contribution in [0.1, 0.15) is 24.0 Å². The van der Waals surface area contributed by atoms with Crippen molar-refractivity contribution in [1.29, 1.82) is 0 Å². The lowest BCUT2D eigenvalue weighted by Crippen LogP contribution is -2.38. The molecule has 0 aromatic heterocycles. The minimum Gasteiger partial charge on any atom is -0.493 e. The first-order valence-corrected chi connectivity index (χ1v) is 12.0. The van der Waals surface area contributed by atoms with Crippen molar-refractivity contribution in [2.75, 3.05) is 7.11 Å². The predicted octanol–water partition coefficient (Wildman–Crippen LogP) is 5.22. The van der Waals surface area contributed by atoms with E-state index in [9.17, 15) is 9.59 Å². The number of ether oxygens (including phenoxy) is 2. The second-order valence-electron chi connectivity index (χ2n) is 8.52. The largest absolute Gasteiger partial charge is 0.493 e. The summed E-state index contributed by atoms with van der Waals surface area (Å²) in [6.07, 6.45) is 7.62. The van der Waals surface area contributed by atoms with Gasteiger partial charge in [-0.3, -0.25) is 9.59 Å². The highest BCUT2D eigenvalue weighted by Crippen LogP contribution is 2.49. The molecule has 4 aliphatic rings. The van der Waals surface area contributed by atoms with Crippen LogP contribution in [0.25, 0.3) is 0 Å². The number of carbonyl (C=O) groups excluding carboxylic acids is 2. The number of halogens is 2. The van der Waals surface area contributed by atoms with E-state index in [-0.39, 0.29) is 35.5 Å². The standard InChI is InChI=1S/C25H22BrClN2O4/c1-32-20-11-15(10-19(26)23(20)33-13-14-2-8-18(27)9-3-14)12-28-29-24(30)21-16-4-5-17(7-6-16)22(21)25(29)31/h2-5,8-12,16-17,21-22H,6-7,13H2,1H3/b28-12-/t16-,17-,21-,22+/m0/s1. The average molecular weight is 530 g/mol. The Bertz CT molecular complexity index is 1130. The van der Waals surface area contributed by atoms with Crippen LogP contribution in [0.5, 0.6) is 11.5 Å². The summed E-state index contributed by atoms with van der Waals surface area (Å²) < 4.78 is 12.1. The number of carbonyl (C=O) groups is 2. The third kappa shape index (κ3) is 4.08. The van der Waals surface area contributed by atoms with Crippen LogP contribution in [0.4, 0.5) is 0 Å². The summed E-state index contributed by atoms with van der Waals surface area (Å²) in [6, 6.07) is 11.0. The number of hydrogen-bond acceptors (Lipinski definition) is 5. The lowest BCUT2D eigenvalue weighted by atomic mass is 9.63. The van der Waals surface area contributed by atoms with E-state index in [4.69, 9.17) is 21.1 Å². The lowest BCUT2D eigenvalue weighted by Gasteiger charge is -2.37. The van der Waals surface area contributed by atoms with E-state index >= 15 is 0 Å². The van der Waals surface area contributed by atoms with E-state index < -0.39 is 0 Å². The number of hydrogen-bond donors (Lipinski definition) is 0. The minimum atomic E-state index is -0.275. The van der Waals surface area contributed by atoms with Crippen LogP contribution in [-0.4, -0.2) is 30.1 Å². The van der Waals surface area contributed by atoms with Crippen LogP contribution >= 0.6 is 27.5 Å². The maximum atomic E-state index is 12.9. The molecule has 0 radical (unpaired) electrons. The van der Waals surface area contributed by atoms with Gasteiger partial charge in [0, 0.05) is 5.02 Å². The Morgan fingerprint density at radius 3 is 2.30 bits per heavy atom. The Morgan fingerprint density at radius 1 is 1.09 bits per heavy atom. The molecule has 2 aromatic carbocycles. The van der Waals surface area contributed by atoms with Gasteiger partial charge in [0.05, 0.1) is 29.6 Å². The van der Waals surface area contributed by atoms with Gasteiger partial charge >= 0.3 is 0 Å². The number of benzene rings is 2. The molecule has 1 saturated heterocycles. The minimum absolute atomic E-state index is 0.142. The quantitative estimate of drug-likeness (QED) is 0.292. The van der Waals surface area contributed by atoms with Gasteiger partial charge in [0.25, 0.3) is 11.8 Å². The van der Waals surface area contributed by atoms with Crippen LogP contribution in [0.3, 0.4) is 0 Å². The number of rotatable bonds is 6.